The Kier molecular flexibility index (Phi) is 6.12. The molecule has 5 nitrogen and oxygen atoms in total. The second kappa shape index (κ2) is 8.52. The third kappa shape index (κ3) is 4.74. The van der Waals surface area contributed by atoms with Crippen LogP contribution in [0.5, 0.6) is 0 Å². The summed E-state index contributed by atoms with van der Waals surface area (Å²) in [6.07, 6.45) is 0.397. The van der Waals surface area contributed by atoms with E-state index in [0.717, 1.165) is 30.2 Å². The Bertz CT molecular complexity index is 747. The number of carbonyl (C=O) groups is 1. The topological polar surface area (TPSA) is 54.7 Å². The largest absolute Gasteiger partial charge is 0.465 e. The van der Waals surface area contributed by atoms with E-state index in [-0.39, 0.29) is 11.9 Å². The van der Waals surface area contributed by atoms with E-state index in [1.807, 2.05) is 25.1 Å². The first-order valence-electron chi connectivity index (χ1n) is 9.24. The highest BCUT2D eigenvalue weighted by molar-refractivity contribution is 5.78. The molecule has 0 bridgehead atoms. The van der Waals surface area contributed by atoms with Crippen molar-refractivity contribution in [3.05, 3.63) is 58.5 Å². The van der Waals surface area contributed by atoms with Crippen LogP contribution in [0, 0.1) is 20.8 Å². The van der Waals surface area contributed by atoms with E-state index < -0.39 is 0 Å². The Hall–Kier alpha value is -2.11. The van der Waals surface area contributed by atoms with Crippen LogP contribution >= 0.6 is 0 Å². The van der Waals surface area contributed by atoms with Crippen LogP contribution in [-0.4, -0.2) is 43.7 Å². The molecule has 0 spiro atoms. The summed E-state index contributed by atoms with van der Waals surface area (Å²) in [4.78, 5) is 14.8. The number of ether oxygens (including phenoxy) is 1. The van der Waals surface area contributed by atoms with Crippen molar-refractivity contribution < 1.29 is 13.9 Å². The third-order valence-corrected chi connectivity index (χ3v) is 5.00. The van der Waals surface area contributed by atoms with Crippen molar-refractivity contribution in [2.45, 2.75) is 33.2 Å². The molecule has 2 aromatic rings. The standard InChI is InChI=1S/C21H28N2O3/c1-15-4-6-18(12-16(15)2)13-21(24)22-14-19(20-7-5-17(3)26-20)23-8-10-25-11-9-23/h4-7,12,19H,8-11,13-14H2,1-3H3,(H,22,24). The molecule has 0 aliphatic carbocycles. The van der Waals surface area contributed by atoms with Gasteiger partial charge in [-0.15, -0.1) is 0 Å². The van der Waals surface area contributed by atoms with Gasteiger partial charge in [-0.25, -0.2) is 0 Å². The van der Waals surface area contributed by atoms with E-state index >= 15 is 0 Å². The van der Waals surface area contributed by atoms with E-state index in [4.69, 9.17) is 9.15 Å². The molecule has 0 radical (unpaired) electrons. The van der Waals surface area contributed by atoms with Gasteiger partial charge in [0.1, 0.15) is 11.5 Å². The summed E-state index contributed by atoms with van der Waals surface area (Å²) in [6, 6.07) is 10.2. The maximum atomic E-state index is 12.4. The normalized spacial score (nSPS) is 16.4. The van der Waals surface area contributed by atoms with Crippen LogP contribution in [0.3, 0.4) is 0 Å². The quantitative estimate of drug-likeness (QED) is 0.865. The van der Waals surface area contributed by atoms with Crippen molar-refractivity contribution in [2.24, 2.45) is 0 Å². The summed E-state index contributed by atoms with van der Waals surface area (Å²) in [5.41, 5.74) is 3.50. The Morgan fingerprint density at radius 1 is 1.12 bits per heavy atom. The Labute approximate surface area is 155 Å². The van der Waals surface area contributed by atoms with Gasteiger partial charge < -0.3 is 14.5 Å². The number of morpholine rings is 1. The van der Waals surface area contributed by atoms with Gasteiger partial charge >= 0.3 is 0 Å². The molecule has 1 atom stereocenters. The highest BCUT2D eigenvalue weighted by Crippen LogP contribution is 2.23. The summed E-state index contributed by atoms with van der Waals surface area (Å²) in [5.74, 6) is 1.82. The van der Waals surface area contributed by atoms with Gasteiger partial charge in [0.25, 0.3) is 0 Å². The summed E-state index contributed by atoms with van der Waals surface area (Å²) >= 11 is 0. The summed E-state index contributed by atoms with van der Waals surface area (Å²) < 4.78 is 11.3. The van der Waals surface area contributed by atoms with Crippen LogP contribution in [0.25, 0.3) is 0 Å². The van der Waals surface area contributed by atoms with E-state index in [1.165, 1.54) is 11.1 Å². The van der Waals surface area contributed by atoms with E-state index in [1.54, 1.807) is 0 Å². The zero-order valence-electron chi connectivity index (χ0n) is 15.9. The van der Waals surface area contributed by atoms with Gasteiger partial charge in [0.05, 0.1) is 25.7 Å². The summed E-state index contributed by atoms with van der Waals surface area (Å²) in [6.45, 7) is 9.76. The smallest absolute Gasteiger partial charge is 0.224 e. The van der Waals surface area contributed by atoms with Crippen LogP contribution in [0.2, 0.25) is 0 Å². The fourth-order valence-electron chi connectivity index (χ4n) is 3.30. The minimum absolute atomic E-state index is 0.0368. The highest BCUT2D eigenvalue weighted by atomic mass is 16.5. The van der Waals surface area contributed by atoms with Crippen molar-refractivity contribution >= 4 is 5.91 Å². The van der Waals surface area contributed by atoms with Crippen LogP contribution in [0.4, 0.5) is 0 Å². The van der Waals surface area contributed by atoms with Gasteiger partial charge in [-0.05, 0) is 49.6 Å². The van der Waals surface area contributed by atoms with Crippen molar-refractivity contribution in [1.82, 2.24) is 10.2 Å². The molecular weight excluding hydrogens is 328 g/mol. The molecule has 3 rings (SSSR count). The predicted molar refractivity (Wildman–Crippen MR) is 101 cm³/mol. The van der Waals surface area contributed by atoms with E-state index in [9.17, 15) is 4.79 Å². The van der Waals surface area contributed by atoms with E-state index in [2.05, 4.69) is 36.2 Å². The van der Waals surface area contributed by atoms with Crippen LogP contribution in [-0.2, 0) is 16.0 Å². The van der Waals surface area contributed by atoms with Crippen molar-refractivity contribution in [3.8, 4) is 0 Å². The second-order valence-electron chi connectivity index (χ2n) is 7.01. The molecule has 1 N–H and O–H groups in total. The molecule has 0 saturated carbocycles. The lowest BCUT2D eigenvalue weighted by atomic mass is 10.0. The molecule has 1 aliphatic rings. The Morgan fingerprint density at radius 3 is 2.54 bits per heavy atom. The van der Waals surface area contributed by atoms with Crippen molar-refractivity contribution in [1.29, 1.82) is 0 Å². The summed E-state index contributed by atoms with van der Waals surface area (Å²) in [5, 5.41) is 3.09. The zero-order chi connectivity index (χ0) is 18.5. The maximum absolute atomic E-state index is 12.4. The molecule has 1 saturated heterocycles. The molecule has 26 heavy (non-hydrogen) atoms. The van der Waals surface area contributed by atoms with Gasteiger partial charge in [-0.1, -0.05) is 18.2 Å². The molecule has 1 fully saturated rings. The lowest BCUT2D eigenvalue weighted by Gasteiger charge is -2.33. The SMILES string of the molecule is Cc1ccc(C(CNC(=O)Cc2ccc(C)c(C)c2)N2CCOCC2)o1. The lowest BCUT2D eigenvalue weighted by molar-refractivity contribution is -0.120. The Morgan fingerprint density at radius 2 is 1.88 bits per heavy atom. The zero-order valence-corrected chi connectivity index (χ0v) is 15.9. The molecule has 1 aliphatic heterocycles. The minimum Gasteiger partial charge on any atom is -0.465 e. The predicted octanol–water partition coefficient (Wildman–Crippen LogP) is 2.94. The maximum Gasteiger partial charge on any atom is 0.224 e. The molecule has 1 amide bonds. The highest BCUT2D eigenvalue weighted by Gasteiger charge is 2.25. The molecule has 1 unspecified atom stereocenters. The van der Waals surface area contributed by atoms with Gasteiger partial charge in [0.2, 0.25) is 5.91 Å². The lowest BCUT2D eigenvalue weighted by Crippen LogP contribution is -2.44. The number of aryl methyl sites for hydroxylation is 3. The molecule has 5 heteroatoms. The molecule has 140 valence electrons. The number of amides is 1. The number of hydrogen-bond donors (Lipinski definition) is 1. The molecule has 2 heterocycles. The van der Waals surface area contributed by atoms with Gasteiger partial charge in [-0.2, -0.15) is 0 Å². The average Bonchev–Trinajstić information content (AvgIpc) is 3.05. The first-order chi connectivity index (χ1) is 12.5. The van der Waals surface area contributed by atoms with Crippen LogP contribution in [0.15, 0.2) is 34.7 Å². The number of nitrogens with zero attached hydrogens (tertiary/aromatic N) is 1. The minimum atomic E-state index is 0.0368. The van der Waals surface area contributed by atoms with Gasteiger partial charge in [0, 0.05) is 19.6 Å². The molecule has 1 aromatic heterocycles. The summed E-state index contributed by atoms with van der Waals surface area (Å²) in [7, 11) is 0. The average molecular weight is 356 g/mol. The number of furan rings is 1. The first kappa shape index (κ1) is 18.7. The molecule has 1 aromatic carbocycles. The first-order valence-corrected chi connectivity index (χ1v) is 9.24. The monoisotopic (exact) mass is 356 g/mol. The van der Waals surface area contributed by atoms with Crippen LogP contribution < -0.4 is 5.32 Å². The van der Waals surface area contributed by atoms with Crippen molar-refractivity contribution in [3.63, 3.8) is 0 Å². The number of nitrogens with one attached hydrogen (secondary N) is 1. The number of carbonyl (C=O) groups excluding carboxylic acids is 1. The third-order valence-electron chi connectivity index (χ3n) is 5.00. The molecular formula is C21H28N2O3. The van der Waals surface area contributed by atoms with Gasteiger partial charge in [0.15, 0.2) is 0 Å². The fraction of sp³-hybridized carbons (Fsp3) is 0.476. The second-order valence-corrected chi connectivity index (χ2v) is 7.01. The fourth-order valence-corrected chi connectivity index (χ4v) is 3.30. The number of hydrogen-bond acceptors (Lipinski definition) is 4. The van der Waals surface area contributed by atoms with E-state index in [0.29, 0.717) is 26.2 Å². The van der Waals surface area contributed by atoms with Crippen LogP contribution in [0.1, 0.15) is 34.3 Å². The van der Waals surface area contributed by atoms with Crippen molar-refractivity contribution in [2.75, 3.05) is 32.8 Å². The van der Waals surface area contributed by atoms with Gasteiger partial charge in [-0.3, -0.25) is 9.69 Å². The Balaban J connectivity index is 1.62. The number of benzene rings is 1. The number of rotatable bonds is 6.